The van der Waals surface area contributed by atoms with Crippen LogP contribution in [0.4, 0.5) is 9.18 Å². The fraction of sp³-hybridized carbons (Fsp3) is 0.529. The zero-order chi connectivity index (χ0) is 17.3. The topological polar surface area (TPSA) is 66.8 Å². The third kappa shape index (κ3) is 3.16. The molecule has 1 aromatic rings. The molecule has 1 amide bonds. The Hall–Kier alpha value is -2.11. The number of carbonyl (C=O) groups excluding carboxylic acids is 1. The monoisotopic (exact) mass is 323 g/mol. The van der Waals surface area contributed by atoms with E-state index in [1.807, 2.05) is 18.2 Å². The number of nitrogens with zero attached hydrogens (tertiary/aromatic N) is 1. The minimum atomic E-state index is -1.61. The lowest BCUT2D eigenvalue weighted by Gasteiger charge is -2.43. The second kappa shape index (κ2) is 6.18. The van der Waals surface area contributed by atoms with Gasteiger partial charge in [-0.25, -0.2) is 14.0 Å². The van der Waals surface area contributed by atoms with Crippen LogP contribution in [0.1, 0.15) is 32.8 Å². The fourth-order valence-corrected chi connectivity index (χ4v) is 3.11. The quantitative estimate of drug-likeness (QED) is 0.927. The van der Waals surface area contributed by atoms with Crippen molar-refractivity contribution in [3.63, 3.8) is 0 Å². The predicted octanol–water partition coefficient (Wildman–Crippen LogP) is 3.24. The van der Waals surface area contributed by atoms with Crippen LogP contribution in [0.3, 0.4) is 0 Å². The van der Waals surface area contributed by atoms with Crippen LogP contribution in [0.2, 0.25) is 0 Å². The van der Waals surface area contributed by atoms with Gasteiger partial charge in [0, 0.05) is 6.42 Å². The zero-order valence-electron chi connectivity index (χ0n) is 13.6. The molecule has 2 atom stereocenters. The lowest BCUT2D eigenvalue weighted by molar-refractivity contribution is -0.156. The van der Waals surface area contributed by atoms with E-state index in [0.29, 0.717) is 0 Å². The number of alkyl halides is 1. The summed E-state index contributed by atoms with van der Waals surface area (Å²) in [5.74, 6) is -1.21. The molecule has 0 spiro atoms. The molecular weight excluding hydrogens is 301 g/mol. The van der Waals surface area contributed by atoms with Crippen LogP contribution in [0.25, 0.3) is 0 Å². The molecule has 0 saturated carbocycles. The first-order valence-electron chi connectivity index (χ1n) is 7.54. The molecule has 126 valence electrons. The molecule has 0 radical (unpaired) electrons. The Morgan fingerprint density at radius 3 is 2.48 bits per heavy atom. The molecule has 0 aliphatic carbocycles. The SMILES string of the molecule is CC(C)(C)[C@]1(C(=O)O)CC(F)CN1C(=O)OCc1ccccc1. The molecule has 1 heterocycles. The molecule has 1 aliphatic heterocycles. The maximum Gasteiger partial charge on any atom is 0.411 e. The van der Waals surface area contributed by atoms with E-state index in [4.69, 9.17) is 4.74 Å². The number of hydrogen-bond donors (Lipinski definition) is 1. The minimum Gasteiger partial charge on any atom is -0.479 e. The van der Waals surface area contributed by atoms with E-state index in [0.717, 1.165) is 10.5 Å². The Labute approximate surface area is 135 Å². The van der Waals surface area contributed by atoms with Gasteiger partial charge in [0.05, 0.1) is 6.54 Å². The van der Waals surface area contributed by atoms with Gasteiger partial charge in [-0.05, 0) is 11.0 Å². The van der Waals surface area contributed by atoms with Gasteiger partial charge in [0.1, 0.15) is 12.8 Å². The summed E-state index contributed by atoms with van der Waals surface area (Å²) in [7, 11) is 0. The van der Waals surface area contributed by atoms with Crippen LogP contribution in [-0.4, -0.2) is 40.3 Å². The number of halogens is 1. The van der Waals surface area contributed by atoms with Crippen molar-refractivity contribution >= 4 is 12.1 Å². The Balaban J connectivity index is 2.21. The third-order valence-corrected chi connectivity index (χ3v) is 4.38. The molecule has 1 saturated heterocycles. The van der Waals surface area contributed by atoms with Crippen molar-refractivity contribution in [3.05, 3.63) is 35.9 Å². The van der Waals surface area contributed by atoms with Gasteiger partial charge >= 0.3 is 12.1 Å². The van der Waals surface area contributed by atoms with E-state index >= 15 is 0 Å². The van der Waals surface area contributed by atoms with Gasteiger partial charge in [-0.3, -0.25) is 4.90 Å². The van der Waals surface area contributed by atoms with Crippen LogP contribution >= 0.6 is 0 Å². The van der Waals surface area contributed by atoms with Crippen molar-refractivity contribution in [1.82, 2.24) is 4.90 Å². The molecule has 0 aromatic heterocycles. The highest BCUT2D eigenvalue weighted by Gasteiger charge is 2.61. The molecule has 1 fully saturated rings. The summed E-state index contributed by atoms with van der Waals surface area (Å²) >= 11 is 0. The largest absolute Gasteiger partial charge is 0.479 e. The second-order valence-electron chi connectivity index (χ2n) is 6.87. The van der Waals surface area contributed by atoms with Gasteiger partial charge < -0.3 is 9.84 Å². The van der Waals surface area contributed by atoms with E-state index < -0.39 is 29.2 Å². The number of carbonyl (C=O) groups is 2. The van der Waals surface area contributed by atoms with E-state index in [1.54, 1.807) is 32.9 Å². The Morgan fingerprint density at radius 1 is 1.35 bits per heavy atom. The summed E-state index contributed by atoms with van der Waals surface area (Å²) < 4.78 is 19.2. The summed E-state index contributed by atoms with van der Waals surface area (Å²) in [5, 5.41) is 9.71. The van der Waals surface area contributed by atoms with Crippen molar-refractivity contribution in [2.45, 2.75) is 45.5 Å². The highest BCUT2D eigenvalue weighted by molar-refractivity contribution is 5.86. The van der Waals surface area contributed by atoms with Gasteiger partial charge in [0.25, 0.3) is 0 Å². The van der Waals surface area contributed by atoms with Crippen LogP contribution in [0.15, 0.2) is 30.3 Å². The number of aliphatic carboxylic acids is 1. The Kier molecular flexibility index (Phi) is 4.63. The zero-order valence-corrected chi connectivity index (χ0v) is 13.6. The van der Waals surface area contributed by atoms with Crippen molar-refractivity contribution in [3.8, 4) is 0 Å². The molecule has 6 heteroatoms. The Morgan fingerprint density at radius 2 is 1.96 bits per heavy atom. The average Bonchev–Trinajstić information content (AvgIpc) is 2.84. The highest BCUT2D eigenvalue weighted by Crippen LogP contribution is 2.45. The summed E-state index contributed by atoms with van der Waals surface area (Å²) in [6, 6.07) is 9.06. The molecule has 0 bridgehead atoms. The van der Waals surface area contributed by atoms with E-state index in [9.17, 15) is 19.1 Å². The predicted molar refractivity (Wildman–Crippen MR) is 82.7 cm³/mol. The van der Waals surface area contributed by atoms with Gasteiger partial charge in [0.15, 0.2) is 5.54 Å². The number of hydrogen-bond acceptors (Lipinski definition) is 3. The first kappa shape index (κ1) is 17.2. The number of amides is 1. The van der Waals surface area contributed by atoms with Crippen LogP contribution in [0.5, 0.6) is 0 Å². The smallest absolute Gasteiger partial charge is 0.411 e. The van der Waals surface area contributed by atoms with E-state index in [-0.39, 0.29) is 19.6 Å². The van der Waals surface area contributed by atoms with Gasteiger partial charge in [-0.1, -0.05) is 51.1 Å². The fourth-order valence-electron chi connectivity index (χ4n) is 3.11. The van der Waals surface area contributed by atoms with E-state index in [2.05, 4.69) is 0 Å². The Bertz CT molecular complexity index is 584. The lowest BCUT2D eigenvalue weighted by atomic mass is 9.71. The van der Waals surface area contributed by atoms with Crippen molar-refractivity contribution in [2.75, 3.05) is 6.54 Å². The van der Waals surface area contributed by atoms with Crippen LogP contribution in [0, 0.1) is 5.41 Å². The van der Waals surface area contributed by atoms with Crippen molar-refractivity contribution < 1.29 is 23.8 Å². The number of carboxylic acid groups (broad SMARTS) is 1. The number of carboxylic acids is 1. The molecular formula is C17H22FNO4. The van der Waals surface area contributed by atoms with Gasteiger partial charge in [-0.15, -0.1) is 0 Å². The summed E-state index contributed by atoms with van der Waals surface area (Å²) in [6.07, 6.45) is -2.41. The average molecular weight is 323 g/mol. The normalized spacial score (nSPS) is 24.5. The third-order valence-electron chi connectivity index (χ3n) is 4.38. The highest BCUT2D eigenvalue weighted by atomic mass is 19.1. The van der Waals surface area contributed by atoms with E-state index in [1.165, 1.54) is 0 Å². The van der Waals surface area contributed by atoms with Crippen molar-refractivity contribution in [1.29, 1.82) is 0 Å². The standard InChI is InChI=1S/C17H22FNO4/c1-16(2,3)17(14(20)21)9-13(18)10-19(17)15(22)23-11-12-7-5-4-6-8-12/h4-8,13H,9-11H2,1-3H3,(H,20,21)/t13?,17-/m1/s1. The molecule has 5 nitrogen and oxygen atoms in total. The first-order valence-corrected chi connectivity index (χ1v) is 7.54. The minimum absolute atomic E-state index is 0.0208. The molecule has 1 N–H and O–H groups in total. The number of ether oxygens (including phenoxy) is 1. The second-order valence-corrected chi connectivity index (χ2v) is 6.87. The maximum absolute atomic E-state index is 14.0. The summed E-state index contributed by atoms with van der Waals surface area (Å²) in [5.41, 5.74) is -1.65. The van der Waals surface area contributed by atoms with Crippen LogP contribution < -0.4 is 0 Å². The van der Waals surface area contributed by atoms with Crippen LogP contribution in [-0.2, 0) is 16.1 Å². The van der Waals surface area contributed by atoms with Crippen molar-refractivity contribution in [2.24, 2.45) is 5.41 Å². The lowest BCUT2D eigenvalue weighted by Crippen LogP contribution is -2.60. The van der Waals surface area contributed by atoms with Gasteiger partial charge in [-0.2, -0.15) is 0 Å². The number of benzene rings is 1. The maximum atomic E-state index is 14.0. The van der Waals surface area contributed by atoms with Gasteiger partial charge in [0.2, 0.25) is 0 Å². The summed E-state index contributed by atoms with van der Waals surface area (Å²) in [4.78, 5) is 25.3. The molecule has 1 aliphatic rings. The number of rotatable bonds is 3. The number of likely N-dealkylation sites (tertiary alicyclic amines) is 1. The molecule has 2 rings (SSSR count). The molecule has 1 aromatic carbocycles. The molecule has 1 unspecified atom stereocenters. The first-order chi connectivity index (χ1) is 10.7. The summed E-state index contributed by atoms with van der Waals surface area (Å²) in [6.45, 7) is 4.83. The molecule has 23 heavy (non-hydrogen) atoms.